The van der Waals surface area contributed by atoms with E-state index in [2.05, 4.69) is 27.8 Å². The van der Waals surface area contributed by atoms with Gasteiger partial charge in [-0.05, 0) is 0 Å². The average molecular weight is 188 g/mol. The number of nitrogens with two attached hydrogens (primary N) is 1. The molecule has 0 unspecified atom stereocenters. The van der Waals surface area contributed by atoms with Crippen LogP contribution in [0.2, 0.25) is 0 Å². The smallest absolute Gasteiger partial charge is 0.243 e. The topological polar surface area (TPSA) is 93.9 Å². The molecule has 1 rings (SSSR count). The van der Waals surface area contributed by atoms with Crippen molar-refractivity contribution in [3.05, 3.63) is 5.82 Å². The second kappa shape index (κ2) is 4.07. The summed E-state index contributed by atoms with van der Waals surface area (Å²) in [5.74, 6) is -0.0714. The van der Waals surface area contributed by atoms with Crippen LogP contribution < -0.4 is 5.73 Å². The van der Waals surface area contributed by atoms with Crippen molar-refractivity contribution in [1.29, 1.82) is 0 Å². The van der Waals surface area contributed by atoms with Crippen LogP contribution in [0.3, 0.4) is 0 Å². The van der Waals surface area contributed by atoms with E-state index in [1.54, 1.807) is 0 Å². The molecule has 1 heterocycles. The minimum atomic E-state index is -0.517. The summed E-state index contributed by atoms with van der Waals surface area (Å²) in [6.45, 7) is 0.0243. The molecule has 0 aromatic carbocycles. The minimum Gasteiger partial charge on any atom is -0.368 e. The Kier molecular flexibility index (Phi) is 3.06. The van der Waals surface area contributed by atoms with Crippen LogP contribution in [0.4, 0.5) is 0 Å². The number of ether oxygens (including phenoxy) is 1. The summed E-state index contributed by atoms with van der Waals surface area (Å²) in [6.07, 6.45) is 0. The van der Waals surface area contributed by atoms with E-state index in [4.69, 9.17) is 10.5 Å². The number of hydrogen-bond donors (Lipinski definition) is 3. The number of aromatic amines is 1. The number of carbonyl (C=O) groups is 1. The fourth-order valence-corrected chi connectivity index (χ4v) is 0.760. The van der Waals surface area contributed by atoms with Crippen molar-refractivity contribution in [1.82, 2.24) is 15.2 Å². The van der Waals surface area contributed by atoms with Gasteiger partial charge in [0.15, 0.2) is 11.0 Å². The third-order valence-electron chi connectivity index (χ3n) is 0.995. The molecule has 1 aromatic rings. The summed E-state index contributed by atoms with van der Waals surface area (Å²) in [4.78, 5) is 14.1. The molecule has 12 heavy (non-hydrogen) atoms. The van der Waals surface area contributed by atoms with Crippen molar-refractivity contribution in [2.75, 3.05) is 6.61 Å². The van der Waals surface area contributed by atoms with Crippen LogP contribution in [0, 0.1) is 0 Å². The van der Waals surface area contributed by atoms with Gasteiger partial charge in [-0.25, -0.2) is 4.98 Å². The molecule has 0 atom stereocenters. The van der Waals surface area contributed by atoms with Gasteiger partial charge in [-0.15, -0.1) is 12.6 Å². The lowest BCUT2D eigenvalue weighted by Gasteiger charge is -1.95. The Bertz CT molecular complexity index is 274. The lowest BCUT2D eigenvalue weighted by atomic mass is 10.6. The molecule has 1 aromatic heterocycles. The number of rotatable bonds is 4. The summed E-state index contributed by atoms with van der Waals surface area (Å²) in [5, 5.41) is 6.65. The molecule has 0 radical (unpaired) electrons. The molecular weight excluding hydrogens is 180 g/mol. The van der Waals surface area contributed by atoms with Crippen LogP contribution >= 0.6 is 12.6 Å². The normalized spacial score (nSPS) is 10.1. The van der Waals surface area contributed by atoms with Gasteiger partial charge in [-0.2, -0.15) is 5.10 Å². The van der Waals surface area contributed by atoms with Gasteiger partial charge in [0, 0.05) is 0 Å². The number of primary amides is 1. The van der Waals surface area contributed by atoms with E-state index in [9.17, 15) is 4.79 Å². The van der Waals surface area contributed by atoms with Gasteiger partial charge in [0.1, 0.15) is 13.2 Å². The molecule has 0 saturated heterocycles. The van der Waals surface area contributed by atoms with Crippen LogP contribution in [0.15, 0.2) is 5.16 Å². The van der Waals surface area contributed by atoms with E-state index in [1.807, 2.05) is 0 Å². The van der Waals surface area contributed by atoms with Crippen molar-refractivity contribution in [3.63, 3.8) is 0 Å². The quantitative estimate of drug-likeness (QED) is 0.533. The molecule has 0 spiro atoms. The first-order valence-corrected chi connectivity index (χ1v) is 3.59. The van der Waals surface area contributed by atoms with Gasteiger partial charge in [0.2, 0.25) is 5.91 Å². The molecule has 66 valence electrons. The lowest BCUT2D eigenvalue weighted by molar-refractivity contribution is -0.122. The second-order valence-corrected chi connectivity index (χ2v) is 2.46. The van der Waals surface area contributed by atoms with Crippen molar-refractivity contribution < 1.29 is 9.53 Å². The lowest BCUT2D eigenvalue weighted by Crippen LogP contribution is -2.18. The maximum absolute atomic E-state index is 10.2. The molecule has 0 fully saturated rings. The Morgan fingerprint density at radius 1 is 1.75 bits per heavy atom. The summed E-state index contributed by atoms with van der Waals surface area (Å²) in [7, 11) is 0. The molecule has 0 bridgehead atoms. The molecule has 0 aliphatic rings. The van der Waals surface area contributed by atoms with Gasteiger partial charge in [0.25, 0.3) is 0 Å². The predicted octanol–water partition coefficient (Wildman–Crippen LogP) is -0.905. The van der Waals surface area contributed by atoms with E-state index in [-0.39, 0.29) is 13.2 Å². The Balaban J connectivity index is 2.29. The third-order valence-corrected chi connectivity index (χ3v) is 1.20. The van der Waals surface area contributed by atoms with Crippen LogP contribution in [-0.4, -0.2) is 27.7 Å². The zero-order valence-corrected chi connectivity index (χ0v) is 7.04. The first-order chi connectivity index (χ1) is 5.68. The molecule has 7 heteroatoms. The summed E-state index contributed by atoms with van der Waals surface area (Å²) >= 11 is 3.89. The highest BCUT2D eigenvalue weighted by Gasteiger charge is 2.00. The number of aromatic nitrogens is 3. The largest absolute Gasteiger partial charge is 0.368 e. The van der Waals surface area contributed by atoms with Crippen LogP contribution in [0.25, 0.3) is 0 Å². The predicted molar refractivity (Wildman–Crippen MR) is 42.5 cm³/mol. The number of thiol groups is 1. The van der Waals surface area contributed by atoms with Gasteiger partial charge in [-0.1, -0.05) is 0 Å². The Morgan fingerprint density at radius 3 is 3.00 bits per heavy atom. The highest BCUT2D eigenvalue weighted by atomic mass is 32.1. The fourth-order valence-electron chi connectivity index (χ4n) is 0.594. The first-order valence-electron chi connectivity index (χ1n) is 3.15. The van der Waals surface area contributed by atoms with Gasteiger partial charge < -0.3 is 10.5 Å². The highest BCUT2D eigenvalue weighted by Crippen LogP contribution is 1.97. The van der Waals surface area contributed by atoms with E-state index >= 15 is 0 Å². The molecular formula is C5H8N4O2S. The molecule has 0 saturated carbocycles. The Labute approximate surface area is 73.9 Å². The summed E-state index contributed by atoms with van der Waals surface area (Å²) in [5.41, 5.74) is 4.83. The number of amides is 1. The Hall–Kier alpha value is -1.08. The second-order valence-electron chi connectivity index (χ2n) is 2.03. The number of nitrogens with zero attached hydrogens (tertiary/aromatic N) is 2. The zero-order valence-electron chi connectivity index (χ0n) is 6.15. The van der Waals surface area contributed by atoms with Crippen LogP contribution in [0.5, 0.6) is 0 Å². The maximum Gasteiger partial charge on any atom is 0.243 e. The fraction of sp³-hybridized carbons (Fsp3) is 0.400. The van der Waals surface area contributed by atoms with Gasteiger partial charge >= 0.3 is 0 Å². The number of H-pyrrole nitrogens is 1. The number of nitrogens with one attached hydrogen (secondary N) is 1. The zero-order chi connectivity index (χ0) is 8.97. The van der Waals surface area contributed by atoms with Crippen molar-refractivity contribution in [2.24, 2.45) is 5.73 Å². The van der Waals surface area contributed by atoms with E-state index < -0.39 is 5.91 Å². The molecule has 1 amide bonds. The monoisotopic (exact) mass is 188 g/mol. The number of carbonyl (C=O) groups excluding carboxylic acids is 1. The highest BCUT2D eigenvalue weighted by molar-refractivity contribution is 7.80. The van der Waals surface area contributed by atoms with Crippen molar-refractivity contribution >= 4 is 18.5 Å². The maximum atomic E-state index is 10.2. The third kappa shape index (κ3) is 2.89. The molecule has 3 N–H and O–H groups in total. The SMILES string of the molecule is NC(=O)COCc1n[nH]c(S)n1. The standard InChI is InChI=1S/C5H8N4O2S/c6-3(10)1-11-2-4-7-5(12)9-8-4/h1-2H2,(H2,6,10)(H2,7,8,9,12). The average Bonchev–Trinajstić information content (AvgIpc) is 2.35. The van der Waals surface area contributed by atoms with E-state index in [0.29, 0.717) is 11.0 Å². The molecule has 0 aliphatic heterocycles. The minimum absolute atomic E-state index is 0.129. The molecule has 0 aliphatic carbocycles. The number of hydrogen-bond acceptors (Lipinski definition) is 5. The van der Waals surface area contributed by atoms with Crippen LogP contribution in [-0.2, 0) is 16.1 Å². The molecule has 6 nitrogen and oxygen atoms in total. The van der Waals surface area contributed by atoms with E-state index in [0.717, 1.165) is 0 Å². The van der Waals surface area contributed by atoms with E-state index in [1.165, 1.54) is 0 Å². The first kappa shape index (κ1) is 9.01. The van der Waals surface area contributed by atoms with Gasteiger partial charge in [-0.3, -0.25) is 9.89 Å². The Morgan fingerprint density at radius 2 is 2.50 bits per heavy atom. The van der Waals surface area contributed by atoms with Crippen molar-refractivity contribution in [3.8, 4) is 0 Å². The van der Waals surface area contributed by atoms with Gasteiger partial charge in [0.05, 0.1) is 0 Å². The van der Waals surface area contributed by atoms with Crippen molar-refractivity contribution in [2.45, 2.75) is 11.8 Å². The van der Waals surface area contributed by atoms with Crippen LogP contribution in [0.1, 0.15) is 5.82 Å². The summed E-state index contributed by atoms with van der Waals surface area (Å²) in [6, 6.07) is 0. The summed E-state index contributed by atoms with van der Waals surface area (Å²) < 4.78 is 4.84.